The topological polar surface area (TPSA) is 84.1 Å². The highest BCUT2D eigenvalue weighted by molar-refractivity contribution is 6.01. The van der Waals surface area contributed by atoms with E-state index in [-0.39, 0.29) is 18.4 Å². The number of rotatable bonds is 6. The van der Waals surface area contributed by atoms with Gasteiger partial charge in [-0.3, -0.25) is 9.59 Å². The van der Waals surface area contributed by atoms with Gasteiger partial charge in [0.1, 0.15) is 17.3 Å². The Morgan fingerprint density at radius 2 is 1.86 bits per heavy atom. The first kappa shape index (κ1) is 19.7. The van der Waals surface area contributed by atoms with Crippen LogP contribution in [0.15, 0.2) is 39.9 Å². The van der Waals surface area contributed by atoms with E-state index in [1.54, 1.807) is 39.0 Å². The number of benzene rings is 1. The summed E-state index contributed by atoms with van der Waals surface area (Å²) in [5, 5.41) is 4.15. The molecule has 7 nitrogen and oxygen atoms in total. The molecule has 1 aliphatic heterocycles. The van der Waals surface area contributed by atoms with Gasteiger partial charge < -0.3 is 14.1 Å². The van der Waals surface area contributed by atoms with Crippen LogP contribution < -0.4 is 10.2 Å². The summed E-state index contributed by atoms with van der Waals surface area (Å²) in [6.07, 6.45) is 2.13. The number of carbonyl (C=O) groups excluding carboxylic acids is 2. The Labute approximate surface area is 164 Å². The number of hydrogen-bond donors (Lipinski definition) is 1. The number of likely N-dealkylation sites (tertiary alicyclic amines) is 1. The predicted molar refractivity (Wildman–Crippen MR) is 106 cm³/mol. The van der Waals surface area contributed by atoms with Gasteiger partial charge in [0, 0.05) is 13.1 Å². The van der Waals surface area contributed by atoms with Crippen LogP contribution in [0.4, 0.5) is 0 Å². The van der Waals surface area contributed by atoms with Crippen molar-refractivity contribution in [1.29, 1.82) is 0 Å². The Kier molecular flexibility index (Phi) is 6.13. The monoisotopic (exact) mass is 383 g/mol. The Morgan fingerprint density at radius 3 is 2.46 bits per heavy atom. The molecule has 0 radical (unpaired) electrons. The molecule has 0 unspecified atom stereocenters. The number of furan rings is 1. The van der Waals surface area contributed by atoms with Gasteiger partial charge in [-0.05, 0) is 69.5 Å². The summed E-state index contributed by atoms with van der Waals surface area (Å²) in [7, 11) is 0. The van der Waals surface area contributed by atoms with Crippen LogP contribution in [-0.2, 0) is 4.79 Å². The van der Waals surface area contributed by atoms with Crippen molar-refractivity contribution in [3.8, 4) is 5.75 Å². The molecule has 2 amide bonds. The fourth-order valence-electron chi connectivity index (χ4n) is 3.11. The number of nitrogens with one attached hydrogen (secondary N) is 1. The molecule has 1 fully saturated rings. The van der Waals surface area contributed by atoms with E-state index in [1.807, 2.05) is 17.0 Å². The van der Waals surface area contributed by atoms with Crippen molar-refractivity contribution < 1.29 is 18.7 Å². The van der Waals surface area contributed by atoms with Crippen LogP contribution in [0.5, 0.6) is 5.75 Å². The normalized spacial score (nSPS) is 14.2. The summed E-state index contributed by atoms with van der Waals surface area (Å²) in [5.74, 6) is 1.58. The molecule has 28 heavy (non-hydrogen) atoms. The summed E-state index contributed by atoms with van der Waals surface area (Å²) in [5.41, 5.74) is 4.52. The molecule has 1 aromatic carbocycles. The van der Waals surface area contributed by atoms with E-state index in [0.29, 0.717) is 28.5 Å². The molecule has 1 aliphatic rings. The largest absolute Gasteiger partial charge is 0.484 e. The Balaban J connectivity index is 1.54. The van der Waals surface area contributed by atoms with Gasteiger partial charge >= 0.3 is 0 Å². The lowest BCUT2D eigenvalue weighted by atomic mass is 10.1. The van der Waals surface area contributed by atoms with Crippen molar-refractivity contribution in [2.75, 3.05) is 19.7 Å². The maximum Gasteiger partial charge on any atom is 0.274 e. The van der Waals surface area contributed by atoms with Crippen LogP contribution in [0.25, 0.3) is 0 Å². The Hall–Kier alpha value is -3.09. The molecule has 3 rings (SSSR count). The van der Waals surface area contributed by atoms with Gasteiger partial charge in [-0.25, -0.2) is 5.43 Å². The minimum absolute atomic E-state index is 0.0202. The van der Waals surface area contributed by atoms with Gasteiger partial charge in [0.25, 0.3) is 11.8 Å². The van der Waals surface area contributed by atoms with Gasteiger partial charge in [-0.2, -0.15) is 5.10 Å². The van der Waals surface area contributed by atoms with Crippen molar-refractivity contribution in [2.24, 2.45) is 5.10 Å². The number of nitrogens with zero attached hydrogens (tertiary/aromatic N) is 2. The number of hydrogen-bond acceptors (Lipinski definition) is 5. The van der Waals surface area contributed by atoms with E-state index < -0.39 is 0 Å². The quantitative estimate of drug-likeness (QED) is 0.614. The number of ether oxygens (including phenoxy) is 1. The second-order valence-electron chi connectivity index (χ2n) is 6.87. The standard InChI is InChI=1S/C21H25N3O4/c1-14-12-19(16(3)28-14)21(26)23-22-15(2)17-6-8-18(9-7-17)27-13-20(25)24-10-4-5-11-24/h6-9,12H,4-5,10-11,13H2,1-3H3,(H,23,26)/b22-15-. The van der Waals surface area contributed by atoms with Gasteiger partial charge in [-0.15, -0.1) is 0 Å². The molecule has 2 heterocycles. The summed E-state index contributed by atoms with van der Waals surface area (Å²) >= 11 is 0. The molecule has 1 N–H and O–H groups in total. The SMILES string of the molecule is C/C(=N/NC(=O)c1cc(C)oc1C)c1ccc(OCC(=O)N2CCCC2)cc1. The lowest BCUT2D eigenvalue weighted by molar-refractivity contribution is -0.132. The van der Waals surface area contributed by atoms with Crippen LogP contribution in [0, 0.1) is 13.8 Å². The smallest absolute Gasteiger partial charge is 0.274 e. The third kappa shape index (κ3) is 4.79. The van der Waals surface area contributed by atoms with Crippen molar-refractivity contribution >= 4 is 17.5 Å². The highest BCUT2D eigenvalue weighted by atomic mass is 16.5. The lowest BCUT2D eigenvalue weighted by Crippen LogP contribution is -2.32. The summed E-state index contributed by atoms with van der Waals surface area (Å²) in [6.45, 7) is 7.03. The summed E-state index contributed by atoms with van der Waals surface area (Å²) in [6, 6.07) is 8.95. The summed E-state index contributed by atoms with van der Waals surface area (Å²) < 4.78 is 10.9. The Morgan fingerprint density at radius 1 is 1.18 bits per heavy atom. The molecule has 0 aliphatic carbocycles. The minimum Gasteiger partial charge on any atom is -0.484 e. The van der Waals surface area contributed by atoms with Crippen LogP contribution in [0.1, 0.15) is 47.2 Å². The van der Waals surface area contributed by atoms with E-state index in [1.165, 1.54) is 0 Å². The highest BCUT2D eigenvalue weighted by Gasteiger charge is 2.18. The van der Waals surface area contributed by atoms with E-state index >= 15 is 0 Å². The third-order valence-electron chi connectivity index (χ3n) is 4.70. The lowest BCUT2D eigenvalue weighted by Gasteiger charge is -2.15. The van der Waals surface area contributed by atoms with Crippen molar-refractivity contribution in [3.63, 3.8) is 0 Å². The molecule has 0 bridgehead atoms. The fourth-order valence-corrected chi connectivity index (χ4v) is 3.11. The van der Waals surface area contributed by atoms with Gasteiger partial charge in [0.15, 0.2) is 6.61 Å². The number of aryl methyl sites for hydroxylation is 2. The van der Waals surface area contributed by atoms with Crippen LogP contribution in [0.2, 0.25) is 0 Å². The van der Waals surface area contributed by atoms with Gasteiger partial charge in [-0.1, -0.05) is 0 Å². The molecule has 1 saturated heterocycles. The zero-order valence-electron chi connectivity index (χ0n) is 16.4. The van der Waals surface area contributed by atoms with Gasteiger partial charge in [0.05, 0.1) is 11.3 Å². The zero-order chi connectivity index (χ0) is 20.1. The van der Waals surface area contributed by atoms with Crippen molar-refractivity contribution in [1.82, 2.24) is 10.3 Å². The average molecular weight is 383 g/mol. The first-order valence-corrected chi connectivity index (χ1v) is 9.36. The maximum absolute atomic E-state index is 12.2. The molecule has 0 atom stereocenters. The molecule has 7 heteroatoms. The summed E-state index contributed by atoms with van der Waals surface area (Å²) in [4.78, 5) is 26.0. The average Bonchev–Trinajstić information content (AvgIpc) is 3.34. The Bertz CT molecular complexity index is 878. The van der Waals surface area contributed by atoms with E-state index in [4.69, 9.17) is 9.15 Å². The maximum atomic E-state index is 12.2. The second-order valence-corrected chi connectivity index (χ2v) is 6.87. The molecular formula is C21H25N3O4. The molecule has 0 spiro atoms. The number of hydrazone groups is 1. The van der Waals surface area contributed by atoms with E-state index in [0.717, 1.165) is 31.5 Å². The second kappa shape index (κ2) is 8.73. The van der Waals surface area contributed by atoms with Crippen LogP contribution in [-0.4, -0.2) is 42.1 Å². The number of amides is 2. The van der Waals surface area contributed by atoms with Crippen LogP contribution >= 0.6 is 0 Å². The van der Waals surface area contributed by atoms with Crippen molar-refractivity contribution in [3.05, 3.63) is 53.0 Å². The molecule has 148 valence electrons. The highest BCUT2D eigenvalue weighted by Crippen LogP contribution is 2.15. The number of carbonyl (C=O) groups is 2. The molecule has 0 saturated carbocycles. The third-order valence-corrected chi connectivity index (χ3v) is 4.70. The zero-order valence-corrected chi connectivity index (χ0v) is 16.4. The minimum atomic E-state index is -0.311. The van der Waals surface area contributed by atoms with E-state index in [9.17, 15) is 9.59 Å². The predicted octanol–water partition coefficient (Wildman–Crippen LogP) is 3.05. The van der Waals surface area contributed by atoms with Gasteiger partial charge in [0.2, 0.25) is 0 Å². The molecule has 2 aromatic rings. The first-order chi connectivity index (χ1) is 13.4. The first-order valence-electron chi connectivity index (χ1n) is 9.36. The molecular weight excluding hydrogens is 358 g/mol. The van der Waals surface area contributed by atoms with Crippen LogP contribution in [0.3, 0.4) is 0 Å². The van der Waals surface area contributed by atoms with Crippen molar-refractivity contribution in [2.45, 2.75) is 33.6 Å². The molecule has 1 aromatic heterocycles. The fraction of sp³-hybridized carbons (Fsp3) is 0.381. The van der Waals surface area contributed by atoms with E-state index in [2.05, 4.69) is 10.5 Å².